The van der Waals surface area contributed by atoms with Crippen LogP contribution in [-0.4, -0.2) is 40.1 Å². The first-order valence-electron chi connectivity index (χ1n) is 7.23. The first-order valence-corrected chi connectivity index (χ1v) is 8.39. The molecule has 20 heavy (non-hydrogen) atoms. The van der Waals surface area contributed by atoms with E-state index in [1.54, 1.807) is 0 Å². The quantitative estimate of drug-likeness (QED) is 0.904. The van der Waals surface area contributed by atoms with Gasteiger partial charge in [0.25, 0.3) is 0 Å². The standard InChI is InChI=1S/C16H23NO2S/c1-3-15(13-6-4-12(2)5-7-13)17-8-9-20-11-14(17)10-16(18)19/h4-7,14-15H,3,8-11H2,1-2H3,(H,18,19). The van der Waals surface area contributed by atoms with E-state index >= 15 is 0 Å². The molecule has 1 aliphatic heterocycles. The van der Waals surface area contributed by atoms with Gasteiger partial charge >= 0.3 is 5.97 Å². The Morgan fingerprint density at radius 2 is 2.15 bits per heavy atom. The van der Waals surface area contributed by atoms with E-state index in [1.807, 2.05) is 11.8 Å². The van der Waals surface area contributed by atoms with Crippen LogP contribution in [0.15, 0.2) is 24.3 Å². The van der Waals surface area contributed by atoms with Gasteiger partial charge in [0.1, 0.15) is 0 Å². The van der Waals surface area contributed by atoms with Crippen molar-refractivity contribution in [2.45, 2.75) is 38.8 Å². The summed E-state index contributed by atoms with van der Waals surface area (Å²) in [6.07, 6.45) is 1.26. The number of aryl methyl sites for hydroxylation is 1. The number of hydrogen-bond acceptors (Lipinski definition) is 3. The van der Waals surface area contributed by atoms with Crippen LogP contribution in [0.5, 0.6) is 0 Å². The molecule has 2 atom stereocenters. The summed E-state index contributed by atoms with van der Waals surface area (Å²) in [4.78, 5) is 13.5. The molecule has 1 aromatic rings. The molecular weight excluding hydrogens is 270 g/mol. The minimum absolute atomic E-state index is 0.150. The number of carboxylic acids is 1. The van der Waals surface area contributed by atoms with E-state index in [2.05, 4.69) is 43.0 Å². The predicted molar refractivity (Wildman–Crippen MR) is 84.3 cm³/mol. The Morgan fingerprint density at radius 3 is 2.75 bits per heavy atom. The molecule has 3 nitrogen and oxygen atoms in total. The van der Waals surface area contributed by atoms with Crippen LogP contribution in [0.4, 0.5) is 0 Å². The minimum Gasteiger partial charge on any atom is -0.481 e. The lowest BCUT2D eigenvalue weighted by molar-refractivity contribution is -0.138. The van der Waals surface area contributed by atoms with E-state index in [1.165, 1.54) is 11.1 Å². The molecule has 0 saturated carbocycles. The van der Waals surface area contributed by atoms with Crippen LogP contribution in [-0.2, 0) is 4.79 Å². The first-order chi connectivity index (χ1) is 9.61. The molecule has 0 aromatic heterocycles. The Balaban J connectivity index is 2.19. The highest BCUT2D eigenvalue weighted by Gasteiger charge is 2.30. The van der Waals surface area contributed by atoms with Crippen LogP contribution in [0.3, 0.4) is 0 Å². The normalized spacial score (nSPS) is 21.6. The predicted octanol–water partition coefficient (Wildman–Crippen LogP) is 3.34. The summed E-state index contributed by atoms with van der Waals surface area (Å²) in [5.41, 5.74) is 2.57. The molecule has 0 amide bonds. The van der Waals surface area contributed by atoms with Gasteiger partial charge in [-0.05, 0) is 18.9 Å². The van der Waals surface area contributed by atoms with E-state index < -0.39 is 5.97 Å². The Labute approximate surface area is 125 Å². The number of benzene rings is 1. The monoisotopic (exact) mass is 293 g/mol. The smallest absolute Gasteiger partial charge is 0.304 e. The van der Waals surface area contributed by atoms with Crippen LogP contribution in [0.25, 0.3) is 0 Å². The van der Waals surface area contributed by atoms with Crippen LogP contribution in [0.1, 0.15) is 36.9 Å². The van der Waals surface area contributed by atoms with E-state index in [4.69, 9.17) is 5.11 Å². The van der Waals surface area contributed by atoms with Crippen molar-refractivity contribution in [3.8, 4) is 0 Å². The molecule has 1 N–H and O–H groups in total. The van der Waals surface area contributed by atoms with E-state index in [0.717, 1.165) is 24.5 Å². The van der Waals surface area contributed by atoms with Crippen molar-refractivity contribution in [1.82, 2.24) is 4.90 Å². The topological polar surface area (TPSA) is 40.5 Å². The summed E-state index contributed by atoms with van der Waals surface area (Å²) < 4.78 is 0. The summed E-state index contributed by atoms with van der Waals surface area (Å²) in [7, 11) is 0. The molecular formula is C16H23NO2S. The third-order valence-corrected chi connectivity index (χ3v) is 5.02. The zero-order valence-electron chi connectivity index (χ0n) is 12.2. The SMILES string of the molecule is CCC(c1ccc(C)cc1)N1CCSCC1CC(=O)O. The van der Waals surface area contributed by atoms with Gasteiger partial charge in [-0.2, -0.15) is 11.8 Å². The van der Waals surface area contributed by atoms with Crippen LogP contribution in [0, 0.1) is 6.92 Å². The second-order valence-electron chi connectivity index (χ2n) is 5.40. The Bertz CT molecular complexity index is 446. The lowest BCUT2D eigenvalue weighted by atomic mass is 9.99. The van der Waals surface area contributed by atoms with Crippen molar-refractivity contribution in [2.24, 2.45) is 0 Å². The average molecular weight is 293 g/mol. The number of thioether (sulfide) groups is 1. The fraction of sp³-hybridized carbons (Fsp3) is 0.562. The maximum absolute atomic E-state index is 11.1. The molecule has 1 aromatic carbocycles. The highest BCUT2D eigenvalue weighted by Crippen LogP contribution is 2.31. The molecule has 0 aliphatic carbocycles. The summed E-state index contributed by atoms with van der Waals surface area (Å²) in [6, 6.07) is 9.14. The average Bonchev–Trinajstić information content (AvgIpc) is 2.43. The fourth-order valence-corrected chi connectivity index (χ4v) is 3.99. The Morgan fingerprint density at radius 1 is 1.45 bits per heavy atom. The second kappa shape index (κ2) is 7.14. The van der Waals surface area contributed by atoms with Gasteiger partial charge in [-0.15, -0.1) is 0 Å². The number of rotatable bonds is 5. The summed E-state index contributed by atoms with van der Waals surface area (Å²) in [5.74, 6) is 1.33. The molecule has 1 saturated heterocycles. The van der Waals surface area contributed by atoms with Gasteiger partial charge in [0, 0.05) is 30.1 Å². The molecule has 2 rings (SSSR count). The van der Waals surface area contributed by atoms with Crippen molar-refractivity contribution in [1.29, 1.82) is 0 Å². The molecule has 0 spiro atoms. The number of carboxylic acid groups (broad SMARTS) is 1. The van der Waals surface area contributed by atoms with Gasteiger partial charge in [-0.3, -0.25) is 9.69 Å². The lowest BCUT2D eigenvalue weighted by Crippen LogP contribution is -2.45. The number of aliphatic carboxylic acids is 1. The zero-order valence-corrected chi connectivity index (χ0v) is 13.0. The second-order valence-corrected chi connectivity index (χ2v) is 6.55. The molecule has 0 radical (unpaired) electrons. The van der Waals surface area contributed by atoms with Crippen molar-refractivity contribution >= 4 is 17.7 Å². The maximum atomic E-state index is 11.1. The van der Waals surface area contributed by atoms with Crippen molar-refractivity contribution < 1.29 is 9.90 Å². The van der Waals surface area contributed by atoms with Gasteiger partial charge in [-0.25, -0.2) is 0 Å². The molecule has 110 valence electrons. The number of hydrogen-bond donors (Lipinski definition) is 1. The van der Waals surface area contributed by atoms with Gasteiger partial charge in [0.2, 0.25) is 0 Å². The van der Waals surface area contributed by atoms with Crippen LogP contribution >= 0.6 is 11.8 Å². The van der Waals surface area contributed by atoms with Gasteiger partial charge < -0.3 is 5.11 Å². The Hall–Kier alpha value is -1.00. The highest BCUT2D eigenvalue weighted by atomic mass is 32.2. The third kappa shape index (κ3) is 3.76. The number of carbonyl (C=O) groups is 1. The maximum Gasteiger partial charge on any atom is 0.304 e. The van der Waals surface area contributed by atoms with Crippen molar-refractivity contribution in [3.05, 3.63) is 35.4 Å². The third-order valence-electron chi connectivity index (χ3n) is 3.93. The van der Waals surface area contributed by atoms with Gasteiger partial charge in [-0.1, -0.05) is 36.8 Å². The minimum atomic E-state index is -0.693. The van der Waals surface area contributed by atoms with Gasteiger partial charge in [0.05, 0.1) is 6.42 Å². The largest absolute Gasteiger partial charge is 0.481 e. The Kier molecular flexibility index (Phi) is 5.49. The van der Waals surface area contributed by atoms with E-state index in [0.29, 0.717) is 6.04 Å². The van der Waals surface area contributed by atoms with Crippen LogP contribution in [0.2, 0.25) is 0 Å². The molecule has 1 aliphatic rings. The lowest BCUT2D eigenvalue weighted by Gasteiger charge is -2.40. The number of nitrogens with zero attached hydrogens (tertiary/aromatic N) is 1. The van der Waals surface area contributed by atoms with Gasteiger partial charge in [0.15, 0.2) is 0 Å². The summed E-state index contributed by atoms with van der Waals surface area (Å²) in [6.45, 7) is 5.26. The van der Waals surface area contributed by atoms with Crippen molar-refractivity contribution in [2.75, 3.05) is 18.1 Å². The highest BCUT2D eigenvalue weighted by molar-refractivity contribution is 7.99. The van der Waals surface area contributed by atoms with E-state index in [9.17, 15) is 4.79 Å². The molecule has 1 fully saturated rings. The van der Waals surface area contributed by atoms with Crippen molar-refractivity contribution in [3.63, 3.8) is 0 Å². The molecule has 2 unspecified atom stereocenters. The summed E-state index contributed by atoms with van der Waals surface area (Å²) >= 11 is 1.87. The molecule has 1 heterocycles. The van der Waals surface area contributed by atoms with Crippen LogP contribution < -0.4 is 0 Å². The van der Waals surface area contributed by atoms with E-state index in [-0.39, 0.29) is 12.5 Å². The molecule has 0 bridgehead atoms. The molecule has 4 heteroatoms. The summed E-state index contributed by atoms with van der Waals surface area (Å²) in [5, 5.41) is 9.11. The fourth-order valence-electron chi connectivity index (χ4n) is 2.91. The zero-order chi connectivity index (χ0) is 14.5. The first kappa shape index (κ1) is 15.4.